The maximum Gasteiger partial charge on any atom is 0.416 e. The van der Waals surface area contributed by atoms with E-state index in [4.69, 9.17) is 16.3 Å². The first-order chi connectivity index (χ1) is 11.2. The standard InChI is InChI=1S/C17H15ClF3NO2/c1-10-8-14(6-7-15(10)18)24-11(2)16(23)22-13-5-3-4-12(9-13)17(19,20)21/h3-9,11H,1-2H3,(H,22,23). The monoisotopic (exact) mass is 357 g/mol. The summed E-state index contributed by atoms with van der Waals surface area (Å²) in [7, 11) is 0. The van der Waals surface area contributed by atoms with Crippen molar-refractivity contribution in [3.8, 4) is 5.75 Å². The Morgan fingerprint density at radius 1 is 1.21 bits per heavy atom. The van der Waals surface area contributed by atoms with Gasteiger partial charge in [-0.3, -0.25) is 4.79 Å². The molecule has 0 heterocycles. The molecule has 2 rings (SSSR count). The van der Waals surface area contributed by atoms with Gasteiger partial charge in [0.05, 0.1) is 5.56 Å². The predicted molar refractivity (Wildman–Crippen MR) is 86.4 cm³/mol. The van der Waals surface area contributed by atoms with E-state index in [2.05, 4.69) is 5.32 Å². The number of amides is 1. The lowest BCUT2D eigenvalue weighted by molar-refractivity contribution is -0.137. The molecule has 0 aromatic heterocycles. The normalized spacial score (nSPS) is 12.6. The molecule has 0 saturated carbocycles. The zero-order chi connectivity index (χ0) is 17.9. The fourth-order valence-corrected chi connectivity index (χ4v) is 2.08. The van der Waals surface area contributed by atoms with Crippen LogP contribution in [0.15, 0.2) is 42.5 Å². The van der Waals surface area contributed by atoms with Crippen LogP contribution in [0.1, 0.15) is 18.1 Å². The highest BCUT2D eigenvalue weighted by Gasteiger charge is 2.30. The Bertz CT molecular complexity index is 747. The molecule has 0 spiro atoms. The first-order valence-electron chi connectivity index (χ1n) is 7.08. The first-order valence-corrected chi connectivity index (χ1v) is 7.45. The highest BCUT2D eigenvalue weighted by Crippen LogP contribution is 2.30. The van der Waals surface area contributed by atoms with Gasteiger partial charge in [-0.1, -0.05) is 17.7 Å². The number of rotatable bonds is 4. The van der Waals surface area contributed by atoms with Crippen molar-refractivity contribution >= 4 is 23.2 Å². The highest BCUT2D eigenvalue weighted by molar-refractivity contribution is 6.31. The Labute approximate surface area is 142 Å². The molecule has 128 valence electrons. The second-order valence-corrected chi connectivity index (χ2v) is 5.65. The molecule has 1 N–H and O–H groups in total. The van der Waals surface area contributed by atoms with Gasteiger partial charge in [0, 0.05) is 10.7 Å². The summed E-state index contributed by atoms with van der Waals surface area (Å²) in [5.41, 5.74) is 0.0133. The molecule has 3 nitrogen and oxygen atoms in total. The minimum atomic E-state index is -4.47. The molecule has 0 fully saturated rings. The van der Waals surface area contributed by atoms with Crippen molar-refractivity contribution < 1.29 is 22.7 Å². The Hall–Kier alpha value is -2.21. The van der Waals surface area contributed by atoms with Crippen LogP contribution >= 0.6 is 11.6 Å². The zero-order valence-corrected chi connectivity index (χ0v) is 13.7. The van der Waals surface area contributed by atoms with Gasteiger partial charge in [0.25, 0.3) is 5.91 Å². The van der Waals surface area contributed by atoms with Gasteiger partial charge in [-0.25, -0.2) is 0 Å². The van der Waals surface area contributed by atoms with E-state index in [-0.39, 0.29) is 5.69 Å². The van der Waals surface area contributed by atoms with Gasteiger partial charge >= 0.3 is 6.18 Å². The fraction of sp³-hybridized carbons (Fsp3) is 0.235. The Balaban J connectivity index is 2.05. The van der Waals surface area contributed by atoms with Crippen LogP contribution in [-0.2, 0) is 11.0 Å². The molecule has 24 heavy (non-hydrogen) atoms. The molecule has 1 atom stereocenters. The van der Waals surface area contributed by atoms with Crippen LogP contribution in [0.4, 0.5) is 18.9 Å². The molecular weight excluding hydrogens is 343 g/mol. The molecule has 0 aliphatic heterocycles. The van der Waals surface area contributed by atoms with Crippen LogP contribution < -0.4 is 10.1 Å². The van der Waals surface area contributed by atoms with Gasteiger partial charge in [0.15, 0.2) is 6.10 Å². The summed E-state index contributed by atoms with van der Waals surface area (Å²) in [4.78, 5) is 12.1. The number of anilines is 1. The number of halogens is 4. The molecule has 1 amide bonds. The molecule has 0 radical (unpaired) electrons. The van der Waals surface area contributed by atoms with Crippen LogP contribution in [0.5, 0.6) is 5.75 Å². The fourth-order valence-electron chi connectivity index (χ4n) is 1.97. The number of carbonyl (C=O) groups is 1. The maximum atomic E-state index is 12.7. The summed E-state index contributed by atoms with van der Waals surface area (Å²) in [6.07, 6.45) is -5.36. The Morgan fingerprint density at radius 2 is 1.92 bits per heavy atom. The number of ether oxygens (including phenoxy) is 1. The van der Waals surface area contributed by atoms with Crippen molar-refractivity contribution in [1.29, 1.82) is 0 Å². The summed E-state index contributed by atoms with van der Waals surface area (Å²) >= 11 is 5.91. The number of aryl methyl sites for hydroxylation is 1. The summed E-state index contributed by atoms with van der Waals surface area (Å²) in [6.45, 7) is 3.30. The molecule has 1 unspecified atom stereocenters. The molecule has 0 bridgehead atoms. The third-order valence-electron chi connectivity index (χ3n) is 3.27. The third-order valence-corrected chi connectivity index (χ3v) is 3.69. The SMILES string of the molecule is Cc1cc(OC(C)C(=O)Nc2cccc(C(F)(F)F)c2)ccc1Cl. The lowest BCUT2D eigenvalue weighted by Gasteiger charge is -2.16. The summed E-state index contributed by atoms with van der Waals surface area (Å²) in [5.74, 6) is -0.106. The van der Waals surface area contributed by atoms with E-state index < -0.39 is 23.8 Å². The smallest absolute Gasteiger partial charge is 0.416 e. The van der Waals surface area contributed by atoms with E-state index in [9.17, 15) is 18.0 Å². The van der Waals surface area contributed by atoms with E-state index in [0.717, 1.165) is 17.7 Å². The largest absolute Gasteiger partial charge is 0.481 e. The van der Waals surface area contributed by atoms with Crippen LogP contribution in [0.3, 0.4) is 0 Å². The van der Waals surface area contributed by atoms with Crippen molar-refractivity contribution in [1.82, 2.24) is 0 Å². The van der Waals surface area contributed by atoms with Crippen molar-refractivity contribution in [2.75, 3.05) is 5.32 Å². The lowest BCUT2D eigenvalue weighted by atomic mass is 10.2. The van der Waals surface area contributed by atoms with Crippen LogP contribution in [0, 0.1) is 6.92 Å². The predicted octanol–water partition coefficient (Wildman–Crippen LogP) is 5.07. The number of nitrogens with one attached hydrogen (secondary N) is 1. The Kier molecular flexibility index (Phi) is 5.39. The third kappa shape index (κ3) is 4.64. The van der Waals surface area contributed by atoms with Crippen LogP contribution in [0.25, 0.3) is 0 Å². The van der Waals surface area contributed by atoms with E-state index >= 15 is 0 Å². The maximum absolute atomic E-state index is 12.7. The van der Waals surface area contributed by atoms with Crippen LogP contribution in [0.2, 0.25) is 5.02 Å². The lowest BCUT2D eigenvalue weighted by Crippen LogP contribution is -2.30. The highest BCUT2D eigenvalue weighted by atomic mass is 35.5. The first kappa shape index (κ1) is 18.1. The van der Waals surface area contributed by atoms with Gasteiger partial charge in [-0.2, -0.15) is 13.2 Å². The molecular formula is C17H15ClF3NO2. The average Bonchev–Trinajstić information content (AvgIpc) is 2.50. The molecule has 0 saturated heterocycles. The van der Waals surface area contributed by atoms with Gasteiger partial charge in [0.1, 0.15) is 5.75 Å². The topological polar surface area (TPSA) is 38.3 Å². The molecule has 0 aliphatic rings. The minimum absolute atomic E-state index is 0.0533. The minimum Gasteiger partial charge on any atom is -0.481 e. The zero-order valence-electron chi connectivity index (χ0n) is 12.9. The molecule has 0 aliphatic carbocycles. The average molecular weight is 358 g/mol. The van der Waals surface area contributed by atoms with E-state index in [0.29, 0.717) is 10.8 Å². The number of benzene rings is 2. The van der Waals surface area contributed by atoms with E-state index in [1.54, 1.807) is 25.1 Å². The second kappa shape index (κ2) is 7.13. The Morgan fingerprint density at radius 3 is 2.54 bits per heavy atom. The van der Waals surface area contributed by atoms with Gasteiger partial charge < -0.3 is 10.1 Å². The second-order valence-electron chi connectivity index (χ2n) is 5.24. The summed E-state index contributed by atoms with van der Waals surface area (Å²) in [5, 5.41) is 2.98. The van der Waals surface area contributed by atoms with Gasteiger partial charge in [0.2, 0.25) is 0 Å². The van der Waals surface area contributed by atoms with Crippen molar-refractivity contribution in [3.05, 3.63) is 58.6 Å². The summed E-state index contributed by atoms with van der Waals surface area (Å²) < 4.78 is 43.5. The van der Waals surface area contributed by atoms with Crippen molar-refractivity contribution in [3.63, 3.8) is 0 Å². The number of hydrogen-bond donors (Lipinski definition) is 1. The molecule has 2 aromatic rings. The van der Waals surface area contributed by atoms with Crippen molar-refractivity contribution in [2.24, 2.45) is 0 Å². The molecule has 2 aromatic carbocycles. The van der Waals surface area contributed by atoms with Gasteiger partial charge in [-0.15, -0.1) is 0 Å². The molecule has 7 heteroatoms. The quantitative estimate of drug-likeness (QED) is 0.829. The summed E-state index contributed by atoms with van der Waals surface area (Å²) in [6, 6.07) is 9.35. The van der Waals surface area contributed by atoms with Gasteiger partial charge in [-0.05, 0) is 55.8 Å². The number of alkyl halides is 3. The van der Waals surface area contributed by atoms with Crippen molar-refractivity contribution in [2.45, 2.75) is 26.1 Å². The number of carbonyl (C=O) groups excluding carboxylic acids is 1. The number of hydrogen-bond acceptors (Lipinski definition) is 2. The van der Waals surface area contributed by atoms with Crippen LogP contribution in [-0.4, -0.2) is 12.0 Å². The van der Waals surface area contributed by atoms with E-state index in [1.807, 2.05) is 0 Å². The van der Waals surface area contributed by atoms with E-state index in [1.165, 1.54) is 19.1 Å².